The number of hydrogen-bond acceptors (Lipinski definition) is 4. The van der Waals surface area contributed by atoms with E-state index < -0.39 is 18.1 Å². The summed E-state index contributed by atoms with van der Waals surface area (Å²) in [6, 6.07) is 0.846. The number of β-amino-alcohol motifs (C(OH)–C–C–N with tert-alkyl or cyclic N) is 1. The number of aryl methyl sites for hydroxylation is 2. The highest BCUT2D eigenvalue weighted by molar-refractivity contribution is 7.12. The van der Waals surface area contributed by atoms with Crippen LogP contribution < -0.4 is 0 Å². The zero-order valence-electron chi connectivity index (χ0n) is 10.2. The Morgan fingerprint density at radius 2 is 2.11 bits per heavy atom. The molecule has 1 unspecified atom stereocenters. The standard InChI is InChI=1S/C12H15NO4S/c1-6-3-9(7(2)18-6)11(15)13-5-8(14)4-10(13)12(16)17/h3,8,10,14H,4-5H2,1-2H3,(H,16,17)/t8?,10-/m0/s1. The van der Waals surface area contributed by atoms with E-state index >= 15 is 0 Å². The molecule has 1 aromatic heterocycles. The zero-order chi connectivity index (χ0) is 13.4. The van der Waals surface area contributed by atoms with Crippen LogP contribution in [-0.4, -0.2) is 45.7 Å². The van der Waals surface area contributed by atoms with Crippen molar-refractivity contribution in [1.82, 2.24) is 4.90 Å². The highest BCUT2D eigenvalue weighted by atomic mass is 32.1. The van der Waals surface area contributed by atoms with Gasteiger partial charge in [0, 0.05) is 22.7 Å². The van der Waals surface area contributed by atoms with Crippen LogP contribution in [0.2, 0.25) is 0 Å². The number of carbonyl (C=O) groups is 2. The van der Waals surface area contributed by atoms with Crippen LogP contribution in [0, 0.1) is 13.8 Å². The van der Waals surface area contributed by atoms with Gasteiger partial charge in [-0.3, -0.25) is 4.79 Å². The number of aliphatic hydroxyl groups is 1. The van der Waals surface area contributed by atoms with Gasteiger partial charge in [0.15, 0.2) is 0 Å². The molecule has 5 nitrogen and oxygen atoms in total. The molecule has 0 aliphatic carbocycles. The minimum Gasteiger partial charge on any atom is -0.480 e. The Balaban J connectivity index is 2.28. The molecule has 0 spiro atoms. The SMILES string of the molecule is Cc1cc(C(=O)N2CC(O)C[C@H]2C(=O)O)c(C)s1. The molecule has 2 heterocycles. The number of rotatable bonds is 2. The Kier molecular flexibility index (Phi) is 3.41. The van der Waals surface area contributed by atoms with E-state index in [1.807, 2.05) is 13.8 Å². The van der Waals surface area contributed by atoms with Crippen molar-refractivity contribution in [3.8, 4) is 0 Å². The second-order valence-corrected chi connectivity index (χ2v) is 5.99. The number of aliphatic hydroxyl groups excluding tert-OH is 1. The van der Waals surface area contributed by atoms with Crippen molar-refractivity contribution >= 4 is 23.2 Å². The van der Waals surface area contributed by atoms with Crippen molar-refractivity contribution in [3.63, 3.8) is 0 Å². The largest absolute Gasteiger partial charge is 0.480 e. The predicted octanol–water partition coefficient (Wildman–Crippen LogP) is 1.02. The number of likely N-dealkylation sites (tertiary alicyclic amines) is 1. The molecular weight excluding hydrogens is 254 g/mol. The van der Waals surface area contributed by atoms with Gasteiger partial charge in [-0.1, -0.05) is 0 Å². The maximum Gasteiger partial charge on any atom is 0.326 e. The first-order valence-electron chi connectivity index (χ1n) is 5.69. The van der Waals surface area contributed by atoms with Gasteiger partial charge in [0.25, 0.3) is 5.91 Å². The van der Waals surface area contributed by atoms with Crippen LogP contribution in [0.15, 0.2) is 6.07 Å². The van der Waals surface area contributed by atoms with E-state index in [2.05, 4.69) is 0 Å². The van der Waals surface area contributed by atoms with Gasteiger partial charge in [0.2, 0.25) is 0 Å². The number of carbonyl (C=O) groups excluding carboxylic acids is 1. The highest BCUT2D eigenvalue weighted by Crippen LogP contribution is 2.26. The third kappa shape index (κ3) is 2.26. The number of nitrogens with zero attached hydrogens (tertiary/aromatic N) is 1. The van der Waals surface area contributed by atoms with Gasteiger partial charge < -0.3 is 15.1 Å². The molecular formula is C12H15NO4S. The van der Waals surface area contributed by atoms with Crippen molar-refractivity contribution in [1.29, 1.82) is 0 Å². The van der Waals surface area contributed by atoms with Crippen molar-refractivity contribution < 1.29 is 19.8 Å². The summed E-state index contributed by atoms with van der Waals surface area (Å²) in [5.74, 6) is -1.37. The maximum atomic E-state index is 12.3. The van der Waals surface area contributed by atoms with Gasteiger partial charge in [-0.05, 0) is 19.9 Å². The second kappa shape index (κ2) is 4.70. The Hall–Kier alpha value is -1.40. The lowest BCUT2D eigenvalue weighted by Crippen LogP contribution is -2.40. The molecule has 1 aliphatic rings. The smallest absolute Gasteiger partial charge is 0.326 e. The molecule has 1 fully saturated rings. The number of carboxylic acids is 1. The summed E-state index contributed by atoms with van der Waals surface area (Å²) in [7, 11) is 0. The van der Waals surface area contributed by atoms with Crippen LogP contribution in [0.4, 0.5) is 0 Å². The summed E-state index contributed by atoms with van der Waals surface area (Å²) in [5, 5.41) is 18.6. The zero-order valence-corrected chi connectivity index (χ0v) is 11.0. The molecule has 0 saturated carbocycles. The summed E-state index contributed by atoms with van der Waals surface area (Å²) in [5.41, 5.74) is 0.540. The first-order valence-corrected chi connectivity index (χ1v) is 6.50. The van der Waals surface area contributed by atoms with E-state index in [0.29, 0.717) is 5.56 Å². The molecule has 2 N–H and O–H groups in total. The third-order valence-electron chi connectivity index (χ3n) is 3.10. The van der Waals surface area contributed by atoms with Gasteiger partial charge in [-0.15, -0.1) is 11.3 Å². The van der Waals surface area contributed by atoms with E-state index in [1.54, 1.807) is 6.07 Å². The molecule has 6 heteroatoms. The van der Waals surface area contributed by atoms with Crippen molar-refractivity contribution in [2.75, 3.05) is 6.54 Å². The monoisotopic (exact) mass is 269 g/mol. The van der Waals surface area contributed by atoms with Gasteiger partial charge in [-0.25, -0.2) is 4.79 Å². The quantitative estimate of drug-likeness (QED) is 0.840. The molecule has 1 aromatic rings. The van der Waals surface area contributed by atoms with Crippen LogP contribution in [0.25, 0.3) is 0 Å². The molecule has 0 aromatic carbocycles. The van der Waals surface area contributed by atoms with Crippen LogP contribution in [0.3, 0.4) is 0 Å². The van der Waals surface area contributed by atoms with Crippen molar-refractivity contribution in [2.24, 2.45) is 0 Å². The molecule has 18 heavy (non-hydrogen) atoms. The van der Waals surface area contributed by atoms with E-state index in [9.17, 15) is 14.7 Å². The lowest BCUT2D eigenvalue weighted by Gasteiger charge is -2.20. The fraction of sp³-hybridized carbons (Fsp3) is 0.500. The maximum absolute atomic E-state index is 12.3. The number of carboxylic acid groups (broad SMARTS) is 1. The fourth-order valence-corrected chi connectivity index (χ4v) is 3.19. The van der Waals surface area contributed by atoms with Crippen LogP contribution in [0.5, 0.6) is 0 Å². The first-order chi connectivity index (χ1) is 8.40. The Labute approximate surface area is 109 Å². The average molecular weight is 269 g/mol. The highest BCUT2D eigenvalue weighted by Gasteiger charge is 2.39. The Morgan fingerprint density at radius 3 is 2.61 bits per heavy atom. The van der Waals surface area contributed by atoms with E-state index in [0.717, 1.165) is 9.75 Å². The predicted molar refractivity (Wildman–Crippen MR) is 66.9 cm³/mol. The first kappa shape index (κ1) is 13.0. The number of amides is 1. The van der Waals surface area contributed by atoms with Crippen molar-refractivity contribution in [2.45, 2.75) is 32.4 Å². The van der Waals surface area contributed by atoms with Crippen LogP contribution in [0.1, 0.15) is 26.5 Å². The topological polar surface area (TPSA) is 77.8 Å². The van der Waals surface area contributed by atoms with Gasteiger partial charge in [-0.2, -0.15) is 0 Å². The fourth-order valence-electron chi connectivity index (χ4n) is 2.27. The summed E-state index contributed by atoms with van der Waals surface area (Å²) in [6.07, 6.45) is -0.654. The molecule has 1 amide bonds. The molecule has 1 saturated heterocycles. The minimum absolute atomic E-state index is 0.0874. The third-order valence-corrected chi connectivity index (χ3v) is 4.06. The molecule has 98 valence electrons. The molecule has 0 radical (unpaired) electrons. The lowest BCUT2D eigenvalue weighted by atomic mass is 10.2. The van der Waals surface area contributed by atoms with Crippen LogP contribution >= 0.6 is 11.3 Å². The Morgan fingerprint density at radius 1 is 1.44 bits per heavy atom. The second-order valence-electron chi connectivity index (χ2n) is 4.53. The number of aliphatic carboxylic acids is 1. The molecule has 1 aliphatic heterocycles. The van der Waals surface area contributed by atoms with Crippen LogP contribution in [-0.2, 0) is 4.79 Å². The summed E-state index contributed by atoms with van der Waals surface area (Å²) < 4.78 is 0. The van der Waals surface area contributed by atoms with Gasteiger partial charge in [0.1, 0.15) is 6.04 Å². The van der Waals surface area contributed by atoms with E-state index in [-0.39, 0.29) is 18.9 Å². The van der Waals surface area contributed by atoms with Crippen molar-refractivity contribution in [3.05, 3.63) is 21.4 Å². The summed E-state index contributed by atoms with van der Waals surface area (Å²) in [4.78, 5) is 26.5. The Bertz CT molecular complexity index is 496. The average Bonchev–Trinajstić information content (AvgIpc) is 2.81. The van der Waals surface area contributed by atoms with Gasteiger partial charge >= 0.3 is 5.97 Å². The number of thiophene rings is 1. The summed E-state index contributed by atoms with van der Waals surface area (Å²) >= 11 is 1.51. The molecule has 2 rings (SSSR count). The summed E-state index contributed by atoms with van der Waals surface area (Å²) in [6.45, 7) is 3.83. The van der Waals surface area contributed by atoms with Gasteiger partial charge in [0.05, 0.1) is 11.7 Å². The van der Waals surface area contributed by atoms with E-state index in [4.69, 9.17) is 5.11 Å². The van der Waals surface area contributed by atoms with E-state index in [1.165, 1.54) is 16.2 Å². The molecule has 0 bridgehead atoms. The lowest BCUT2D eigenvalue weighted by molar-refractivity contribution is -0.141. The normalized spacial score (nSPS) is 23.4. The minimum atomic E-state index is -1.07. The molecule has 2 atom stereocenters. The number of hydrogen-bond donors (Lipinski definition) is 2.